The second-order valence-corrected chi connectivity index (χ2v) is 6.21. The van der Waals surface area contributed by atoms with Crippen molar-refractivity contribution in [2.24, 2.45) is 17.3 Å². The van der Waals surface area contributed by atoms with Crippen molar-refractivity contribution >= 4 is 0 Å². The van der Waals surface area contributed by atoms with E-state index in [1.807, 2.05) is 0 Å². The summed E-state index contributed by atoms with van der Waals surface area (Å²) in [7, 11) is 0. The van der Waals surface area contributed by atoms with E-state index >= 15 is 0 Å². The van der Waals surface area contributed by atoms with Crippen LogP contribution in [-0.4, -0.2) is 11.7 Å². The van der Waals surface area contributed by atoms with Crippen molar-refractivity contribution < 1.29 is 5.11 Å². The number of aliphatic hydroxyl groups is 1. The van der Waals surface area contributed by atoms with Gasteiger partial charge in [-0.1, -0.05) is 45.4 Å². The molecule has 94 valence electrons. The molecule has 2 saturated carbocycles. The zero-order chi connectivity index (χ0) is 11.4. The van der Waals surface area contributed by atoms with Gasteiger partial charge in [-0.25, -0.2) is 0 Å². The highest BCUT2D eigenvalue weighted by atomic mass is 16.3. The minimum Gasteiger partial charge on any atom is -0.396 e. The molecule has 0 aliphatic heterocycles. The molecule has 0 aromatic carbocycles. The summed E-state index contributed by atoms with van der Waals surface area (Å²) < 4.78 is 0. The Labute approximate surface area is 101 Å². The third kappa shape index (κ3) is 2.30. The summed E-state index contributed by atoms with van der Waals surface area (Å²) in [5.41, 5.74) is 0.507. The van der Waals surface area contributed by atoms with Crippen molar-refractivity contribution in [3.8, 4) is 0 Å². The molecule has 0 heterocycles. The summed E-state index contributed by atoms with van der Waals surface area (Å²) in [4.78, 5) is 0. The first kappa shape index (κ1) is 12.4. The topological polar surface area (TPSA) is 20.2 Å². The first-order chi connectivity index (χ1) is 7.79. The van der Waals surface area contributed by atoms with Gasteiger partial charge in [0.25, 0.3) is 0 Å². The van der Waals surface area contributed by atoms with E-state index in [9.17, 15) is 5.11 Å². The first-order valence-corrected chi connectivity index (χ1v) is 7.40. The first-order valence-electron chi connectivity index (χ1n) is 7.40. The largest absolute Gasteiger partial charge is 0.396 e. The molecule has 0 bridgehead atoms. The van der Waals surface area contributed by atoms with Crippen molar-refractivity contribution in [1.29, 1.82) is 0 Å². The van der Waals surface area contributed by atoms with E-state index in [2.05, 4.69) is 6.92 Å². The second kappa shape index (κ2) is 5.53. The molecule has 0 amide bonds. The molecule has 0 aromatic rings. The van der Waals surface area contributed by atoms with E-state index in [0.717, 1.165) is 5.92 Å². The van der Waals surface area contributed by atoms with Gasteiger partial charge >= 0.3 is 0 Å². The summed E-state index contributed by atoms with van der Waals surface area (Å²) >= 11 is 0. The normalized spacial score (nSPS) is 28.9. The van der Waals surface area contributed by atoms with Crippen molar-refractivity contribution in [2.45, 2.75) is 71.1 Å². The summed E-state index contributed by atoms with van der Waals surface area (Å²) in [6.07, 6.45) is 14.2. The second-order valence-electron chi connectivity index (χ2n) is 6.21. The third-order valence-corrected chi connectivity index (χ3v) is 5.46. The van der Waals surface area contributed by atoms with Crippen molar-refractivity contribution in [2.75, 3.05) is 6.61 Å². The van der Waals surface area contributed by atoms with Crippen LogP contribution in [0.1, 0.15) is 71.1 Å². The van der Waals surface area contributed by atoms with Crippen LogP contribution in [0, 0.1) is 17.3 Å². The fourth-order valence-corrected chi connectivity index (χ4v) is 4.37. The van der Waals surface area contributed by atoms with Gasteiger partial charge in [0.05, 0.1) is 0 Å². The van der Waals surface area contributed by atoms with Gasteiger partial charge in [0, 0.05) is 6.61 Å². The minimum atomic E-state index is 0.399. The van der Waals surface area contributed by atoms with Gasteiger partial charge in [0.15, 0.2) is 0 Å². The minimum absolute atomic E-state index is 0.399. The van der Waals surface area contributed by atoms with Crippen molar-refractivity contribution in [3.05, 3.63) is 0 Å². The summed E-state index contributed by atoms with van der Waals surface area (Å²) in [5.74, 6) is 1.44. The molecule has 0 spiro atoms. The maximum atomic E-state index is 9.58. The molecule has 1 nitrogen and oxygen atoms in total. The molecular formula is C15H28O. The van der Waals surface area contributed by atoms with Gasteiger partial charge in [0.2, 0.25) is 0 Å². The molecular weight excluding hydrogens is 196 g/mol. The van der Waals surface area contributed by atoms with Gasteiger partial charge in [-0.05, 0) is 42.9 Å². The average Bonchev–Trinajstić information content (AvgIpc) is 2.39. The van der Waals surface area contributed by atoms with E-state index in [1.165, 1.54) is 64.2 Å². The van der Waals surface area contributed by atoms with Gasteiger partial charge in [-0.15, -0.1) is 0 Å². The summed E-state index contributed by atoms with van der Waals surface area (Å²) in [6.45, 7) is 2.69. The van der Waals surface area contributed by atoms with Crippen LogP contribution in [0.3, 0.4) is 0 Å². The molecule has 2 aliphatic carbocycles. The van der Waals surface area contributed by atoms with Gasteiger partial charge < -0.3 is 5.11 Å². The Bertz CT molecular complexity index is 199. The summed E-state index contributed by atoms with van der Waals surface area (Å²) in [6, 6.07) is 0. The van der Waals surface area contributed by atoms with Gasteiger partial charge in [0.1, 0.15) is 0 Å². The summed E-state index contributed by atoms with van der Waals surface area (Å²) in [5, 5.41) is 9.58. The lowest BCUT2D eigenvalue weighted by Crippen LogP contribution is -2.41. The highest BCUT2D eigenvalue weighted by Gasteiger charge is 2.43. The van der Waals surface area contributed by atoms with Crippen LogP contribution in [0.2, 0.25) is 0 Å². The molecule has 2 aliphatic rings. The SMILES string of the molecule is CC(CO)C1(C2CCCCC2)CCCCC1. The highest BCUT2D eigenvalue weighted by Crippen LogP contribution is 2.52. The van der Waals surface area contributed by atoms with E-state index in [0.29, 0.717) is 17.9 Å². The molecule has 1 unspecified atom stereocenters. The van der Waals surface area contributed by atoms with Gasteiger partial charge in [-0.2, -0.15) is 0 Å². The molecule has 0 aromatic heterocycles. The monoisotopic (exact) mass is 224 g/mol. The van der Waals surface area contributed by atoms with Crippen molar-refractivity contribution in [3.63, 3.8) is 0 Å². The predicted molar refractivity (Wildman–Crippen MR) is 68.3 cm³/mol. The Morgan fingerprint density at radius 2 is 1.56 bits per heavy atom. The lowest BCUT2D eigenvalue weighted by molar-refractivity contribution is -0.0126. The Morgan fingerprint density at radius 3 is 2.12 bits per heavy atom. The highest BCUT2D eigenvalue weighted by molar-refractivity contribution is 4.93. The van der Waals surface area contributed by atoms with Crippen LogP contribution in [-0.2, 0) is 0 Å². The van der Waals surface area contributed by atoms with Crippen LogP contribution >= 0.6 is 0 Å². The van der Waals surface area contributed by atoms with Crippen LogP contribution in [0.25, 0.3) is 0 Å². The lowest BCUT2D eigenvalue weighted by Gasteiger charge is -2.49. The molecule has 0 saturated heterocycles. The maximum Gasteiger partial charge on any atom is 0.0462 e. The van der Waals surface area contributed by atoms with Crippen LogP contribution in [0.4, 0.5) is 0 Å². The van der Waals surface area contributed by atoms with Crippen LogP contribution in [0.5, 0.6) is 0 Å². The molecule has 0 radical (unpaired) electrons. The Morgan fingerprint density at radius 1 is 1.00 bits per heavy atom. The number of hydrogen-bond donors (Lipinski definition) is 1. The molecule has 2 fully saturated rings. The Kier molecular flexibility index (Phi) is 4.29. The molecule has 2 rings (SSSR count). The smallest absolute Gasteiger partial charge is 0.0462 e. The molecule has 1 atom stereocenters. The van der Waals surface area contributed by atoms with E-state index in [4.69, 9.17) is 0 Å². The standard InChI is InChI=1S/C15H28O/c1-13(12-16)15(10-6-3-7-11-15)14-8-4-2-5-9-14/h13-14,16H,2-12H2,1H3. The lowest BCUT2D eigenvalue weighted by atomic mass is 9.56. The van der Waals surface area contributed by atoms with Gasteiger partial charge in [-0.3, -0.25) is 0 Å². The van der Waals surface area contributed by atoms with E-state index in [-0.39, 0.29) is 0 Å². The van der Waals surface area contributed by atoms with Crippen LogP contribution < -0.4 is 0 Å². The van der Waals surface area contributed by atoms with Crippen molar-refractivity contribution in [1.82, 2.24) is 0 Å². The zero-order valence-electron chi connectivity index (χ0n) is 10.9. The quantitative estimate of drug-likeness (QED) is 0.763. The third-order valence-electron chi connectivity index (χ3n) is 5.46. The Balaban J connectivity index is 2.11. The molecule has 1 N–H and O–H groups in total. The maximum absolute atomic E-state index is 9.58. The Hall–Kier alpha value is -0.0400. The average molecular weight is 224 g/mol. The fraction of sp³-hybridized carbons (Fsp3) is 1.00. The fourth-order valence-electron chi connectivity index (χ4n) is 4.37. The molecule has 1 heteroatoms. The van der Waals surface area contributed by atoms with E-state index in [1.54, 1.807) is 0 Å². The molecule has 16 heavy (non-hydrogen) atoms. The number of aliphatic hydroxyl groups excluding tert-OH is 1. The number of rotatable bonds is 3. The predicted octanol–water partition coefficient (Wildman–Crippen LogP) is 4.15. The zero-order valence-corrected chi connectivity index (χ0v) is 10.9. The van der Waals surface area contributed by atoms with Crippen LogP contribution in [0.15, 0.2) is 0 Å². The van der Waals surface area contributed by atoms with E-state index < -0.39 is 0 Å². The number of hydrogen-bond acceptors (Lipinski definition) is 1.